The van der Waals surface area contributed by atoms with Crippen molar-refractivity contribution >= 4 is 5.82 Å². The smallest absolute Gasteiger partial charge is 0.218 e. The minimum absolute atomic E-state index is 0.440. The molecule has 2 rings (SSSR count). The topological polar surface area (TPSA) is 29.0 Å². The first kappa shape index (κ1) is 12.3. The first-order chi connectivity index (χ1) is 8.29. The highest BCUT2D eigenvalue weighted by Gasteiger charge is 2.17. The molecular formula is C13H20FN3. The van der Waals surface area contributed by atoms with Crippen LogP contribution in [-0.4, -0.2) is 23.1 Å². The van der Waals surface area contributed by atoms with E-state index in [0.29, 0.717) is 0 Å². The summed E-state index contributed by atoms with van der Waals surface area (Å²) in [7, 11) is 0. The molecule has 0 aliphatic carbocycles. The Bertz CT molecular complexity index is 356. The Hall–Kier alpha value is -1.19. The summed E-state index contributed by atoms with van der Waals surface area (Å²) in [4.78, 5) is 9.83. The number of aromatic nitrogens is 2. The van der Waals surface area contributed by atoms with Crippen molar-refractivity contribution in [3.8, 4) is 0 Å². The molecule has 1 aliphatic rings. The van der Waals surface area contributed by atoms with Gasteiger partial charge >= 0.3 is 0 Å². The van der Waals surface area contributed by atoms with Gasteiger partial charge in [0.25, 0.3) is 0 Å². The molecule has 17 heavy (non-hydrogen) atoms. The first-order valence-electron chi connectivity index (χ1n) is 6.52. The molecule has 3 nitrogen and oxygen atoms in total. The van der Waals surface area contributed by atoms with Crippen LogP contribution in [0.2, 0.25) is 0 Å². The molecule has 0 aromatic carbocycles. The van der Waals surface area contributed by atoms with Crippen LogP contribution in [-0.2, 0) is 0 Å². The van der Waals surface area contributed by atoms with E-state index in [1.165, 1.54) is 44.5 Å². The molecular weight excluding hydrogens is 217 g/mol. The molecule has 0 bridgehead atoms. The maximum absolute atomic E-state index is 13.0. The van der Waals surface area contributed by atoms with Crippen LogP contribution in [0.1, 0.15) is 39.0 Å². The Morgan fingerprint density at radius 2 is 2.24 bits per heavy atom. The van der Waals surface area contributed by atoms with Gasteiger partial charge in [0.2, 0.25) is 5.95 Å². The summed E-state index contributed by atoms with van der Waals surface area (Å²) in [6.07, 6.45) is 7.53. The van der Waals surface area contributed by atoms with Crippen molar-refractivity contribution in [2.45, 2.75) is 39.0 Å². The second-order valence-corrected chi connectivity index (χ2v) is 4.77. The summed E-state index contributed by atoms with van der Waals surface area (Å²) in [5.41, 5.74) is 0. The fourth-order valence-corrected chi connectivity index (χ4v) is 2.59. The highest BCUT2D eigenvalue weighted by molar-refractivity contribution is 5.36. The predicted molar refractivity (Wildman–Crippen MR) is 66.5 cm³/mol. The molecule has 1 saturated heterocycles. The third-order valence-corrected chi connectivity index (χ3v) is 3.49. The monoisotopic (exact) mass is 237 g/mol. The van der Waals surface area contributed by atoms with E-state index in [4.69, 9.17) is 0 Å². The van der Waals surface area contributed by atoms with Crippen molar-refractivity contribution in [3.05, 3.63) is 18.3 Å². The quantitative estimate of drug-likeness (QED) is 0.757. The average molecular weight is 237 g/mol. The highest BCUT2D eigenvalue weighted by Crippen LogP contribution is 2.24. The molecule has 1 aliphatic heterocycles. The molecule has 2 heterocycles. The van der Waals surface area contributed by atoms with Crippen LogP contribution in [0.5, 0.6) is 0 Å². The van der Waals surface area contributed by atoms with E-state index in [2.05, 4.69) is 21.8 Å². The normalized spacial score (nSPS) is 21.3. The van der Waals surface area contributed by atoms with Gasteiger partial charge in [-0.05, 0) is 25.2 Å². The third kappa shape index (κ3) is 3.38. The van der Waals surface area contributed by atoms with Crippen molar-refractivity contribution < 1.29 is 4.39 Å². The Morgan fingerprint density at radius 3 is 3.00 bits per heavy atom. The van der Waals surface area contributed by atoms with Gasteiger partial charge in [-0.15, -0.1) is 0 Å². The van der Waals surface area contributed by atoms with Crippen LogP contribution in [0.3, 0.4) is 0 Å². The summed E-state index contributed by atoms with van der Waals surface area (Å²) in [5.74, 6) is 1.12. The summed E-state index contributed by atoms with van der Waals surface area (Å²) >= 11 is 0. The number of hydrogen-bond donors (Lipinski definition) is 0. The minimum atomic E-state index is -0.440. The van der Waals surface area contributed by atoms with E-state index in [9.17, 15) is 4.39 Å². The Labute approximate surface area is 102 Å². The molecule has 1 unspecified atom stereocenters. The number of anilines is 1. The summed E-state index contributed by atoms with van der Waals surface area (Å²) in [6.45, 7) is 4.21. The summed E-state index contributed by atoms with van der Waals surface area (Å²) < 4.78 is 13.0. The lowest BCUT2D eigenvalue weighted by Crippen LogP contribution is -2.25. The molecule has 4 heteroatoms. The maximum Gasteiger partial charge on any atom is 0.218 e. The largest absolute Gasteiger partial charge is 0.356 e. The number of hydrogen-bond acceptors (Lipinski definition) is 3. The summed E-state index contributed by atoms with van der Waals surface area (Å²) in [5, 5.41) is 0. The Morgan fingerprint density at radius 1 is 1.35 bits per heavy atom. The number of halogens is 1. The molecule has 94 valence electrons. The highest BCUT2D eigenvalue weighted by atomic mass is 19.1. The van der Waals surface area contributed by atoms with Gasteiger partial charge in [-0.1, -0.05) is 19.8 Å². The van der Waals surface area contributed by atoms with Crippen molar-refractivity contribution in [2.75, 3.05) is 18.0 Å². The van der Waals surface area contributed by atoms with Crippen LogP contribution < -0.4 is 4.90 Å². The molecule has 1 fully saturated rings. The molecule has 0 amide bonds. The lowest BCUT2D eigenvalue weighted by molar-refractivity contribution is 0.435. The molecule has 1 aromatic rings. The van der Waals surface area contributed by atoms with Crippen LogP contribution in [0, 0.1) is 11.9 Å². The number of nitrogens with zero attached hydrogens (tertiary/aromatic N) is 3. The molecule has 1 atom stereocenters. The second kappa shape index (κ2) is 5.94. The van der Waals surface area contributed by atoms with Gasteiger partial charge < -0.3 is 4.90 Å². The molecule has 1 aromatic heterocycles. The molecule has 0 radical (unpaired) electrons. The Kier molecular flexibility index (Phi) is 4.29. The van der Waals surface area contributed by atoms with Crippen molar-refractivity contribution in [3.63, 3.8) is 0 Å². The van der Waals surface area contributed by atoms with Crippen LogP contribution in [0.4, 0.5) is 10.2 Å². The maximum atomic E-state index is 13.0. The van der Waals surface area contributed by atoms with E-state index in [1.807, 2.05) is 0 Å². The first-order valence-corrected chi connectivity index (χ1v) is 6.52. The summed E-state index contributed by atoms with van der Waals surface area (Å²) in [6, 6.07) is 1.43. The van der Waals surface area contributed by atoms with Crippen LogP contribution in [0.15, 0.2) is 12.4 Å². The van der Waals surface area contributed by atoms with Gasteiger partial charge in [0, 0.05) is 19.2 Å². The molecule has 0 N–H and O–H groups in total. The van der Waals surface area contributed by atoms with Gasteiger partial charge in [0.05, 0.1) is 0 Å². The van der Waals surface area contributed by atoms with Crippen LogP contribution in [0.25, 0.3) is 0 Å². The van der Waals surface area contributed by atoms with Crippen molar-refractivity contribution in [1.82, 2.24) is 9.97 Å². The lowest BCUT2D eigenvalue weighted by Gasteiger charge is -2.21. The van der Waals surface area contributed by atoms with E-state index in [1.54, 1.807) is 0 Å². The second-order valence-electron chi connectivity index (χ2n) is 4.77. The van der Waals surface area contributed by atoms with Gasteiger partial charge in [-0.3, -0.25) is 0 Å². The van der Waals surface area contributed by atoms with Gasteiger partial charge in [0.1, 0.15) is 12.1 Å². The SMILES string of the molecule is CCCC1CCCN(c2cc(F)ncn2)CC1. The average Bonchev–Trinajstić information content (AvgIpc) is 2.55. The fraction of sp³-hybridized carbons (Fsp3) is 0.692. The predicted octanol–water partition coefficient (Wildman–Crippen LogP) is 3.02. The lowest BCUT2D eigenvalue weighted by atomic mass is 9.96. The zero-order valence-corrected chi connectivity index (χ0v) is 10.4. The van der Waals surface area contributed by atoms with Crippen LogP contribution >= 0.6 is 0 Å². The van der Waals surface area contributed by atoms with E-state index in [0.717, 1.165) is 24.8 Å². The van der Waals surface area contributed by atoms with E-state index in [-0.39, 0.29) is 0 Å². The standard InChI is InChI=1S/C13H20FN3/c1-2-4-11-5-3-7-17(8-6-11)13-9-12(14)15-10-16-13/h9-11H,2-8H2,1H3. The van der Waals surface area contributed by atoms with Gasteiger partial charge in [0.15, 0.2) is 0 Å². The van der Waals surface area contributed by atoms with E-state index >= 15 is 0 Å². The minimum Gasteiger partial charge on any atom is -0.356 e. The zero-order valence-electron chi connectivity index (χ0n) is 10.4. The van der Waals surface area contributed by atoms with Crippen molar-refractivity contribution in [2.24, 2.45) is 5.92 Å². The zero-order chi connectivity index (χ0) is 12.1. The van der Waals surface area contributed by atoms with Gasteiger partial charge in [-0.2, -0.15) is 4.39 Å². The van der Waals surface area contributed by atoms with Crippen molar-refractivity contribution in [1.29, 1.82) is 0 Å². The molecule has 0 spiro atoms. The third-order valence-electron chi connectivity index (χ3n) is 3.49. The van der Waals surface area contributed by atoms with E-state index < -0.39 is 5.95 Å². The number of rotatable bonds is 3. The molecule has 0 saturated carbocycles. The fourth-order valence-electron chi connectivity index (χ4n) is 2.59. The Balaban J connectivity index is 1.99. The van der Waals surface area contributed by atoms with Gasteiger partial charge in [-0.25, -0.2) is 9.97 Å².